The summed E-state index contributed by atoms with van der Waals surface area (Å²) >= 11 is 0. The van der Waals surface area contributed by atoms with Crippen LogP contribution in [0.3, 0.4) is 0 Å². The molecule has 140 valence electrons. The Balaban J connectivity index is 3.11. The number of amides is 1. The fourth-order valence-electron chi connectivity index (χ4n) is 1.34. The number of carboxylic acid groups (broad SMARTS) is 1. The van der Waals surface area contributed by atoms with E-state index in [-0.39, 0.29) is 13.0 Å². The summed E-state index contributed by atoms with van der Waals surface area (Å²) in [6.45, 7) is 8.38. The van der Waals surface area contributed by atoms with Crippen molar-refractivity contribution >= 4 is 12.1 Å². The average Bonchev–Trinajstić information content (AvgIpc) is 2.50. The largest absolute Gasteiger partial charge is 0.481 e. The molecule has 0 heterocycles. The normalized spacial score (nSPS) is 10.4. The molecule has 0 atom stereocenters. The minimum atomic E-state index is -0.880. The molecular formula is C15H27NO8. The quantitative estimate of drug-likeness (QED) is 0.311. The standard InChI is InChI=1S/C15H27NO8/c1-13(2)24-15(19)16-4-6-21-8-10-23-12-11-22-9-7-20-5-3-14(17)18/h1,3-12H2,2H3,(H,16,19)(H,17,18). The van der Waals surface area contributed by atoms with Crippen molar-refractivity contribution in [2.24, 2.45) is 0 Å². The van der Waals surface area contributed by atoms with Gasteiger partial charge in [0.15, 0.2) is 0 Å². The van der Waals surface area contributed by atoms with E-state index in [1.165, 1.54) is 0 Å². The Bertz CT molecular complexity index is 361. The maximum Gasteiger partial charge on any atom is 0.412 e. The Morgan fingerprint density at radius 3 is 1.79 bits per heavy atom. The Morgan fingerprint density at radius 1 is 0.875 bits per heavy atom. The van der Waals surface area contributed by atoms with Crippen LogP contribution >= 0.6 is 0 Å². The molecule has 0 aliphatic rings. The minimum Gasteiger partial charge on any atom is -0.481 e. The van der Waals surface area contributed by atoms with E-state index in [0.29, 0.717) is 58.6 Å². The predicted octanol–water partition coefficient (Wildman–Crippen LogP) is 0.787. The molecule has 24 heavy (non-hydrogen) atoms. The monoisotopic (exact) mass is 349 g/mol. The lowest BCUT2D eigenvalue weighted by molar-refractivity contribution is -0.138. The van der Waals surface area contributed by atoms with Crippen LogP contribution < -0.4 is 5.32 Å². The number of carboxylic acids is 1. The van der Waals surface area contributed by atoms with Crippen molar-refractivity contribution in [1.29, 1.82) is 0 Å². The van der Waals surface area contributed by atoms with Crippen molar-refractivity contribution in [1.82, 2.24) is 5.32 Å². The molecule has 0 aromatic heterocycles. The summed E-state index contributed by atoms with van der Waals surface area (Å²) in [4.78, 5) is 21.3. The van der Waals surface area contributed by atoms with Gasteiger partial charge in [0.25, 0.3) is 0 Å². The number of hydrogen-bond donors (Lipinski definition) is 2. The van der Waals surface area contributed by atoms with Crippen molar-refractivity contribution in [2.75, 3.05) is 59.4 Å². The number of rotatable bonds is 16. The zero-order chi connectivity index (χ0) is 18.0. The van der Waals surface area contributed by atoms with Crippen molar-refractivity contribution in [2.45, 2.75) is 13.3 Å². The summed E-state index contributed by atoms with van der Waals surface area (Å²) < 4.78 is 25.5. The van der Waals surface area contributed by atoms with Crippen molar-refractivity contribution in [3.05, 3.63) is 12.3 Å². The van der Waals surface area contributed by atoms with Gasteiger partial charge in [0, 0.05) is 6.54 Å². The topological polar surface area (TPSA) is 113 Å². The van der Waals surface area contributed by atoms with Gasteiger partial charge in [0.1, 0.15) is 0 Å². The van der Waals surface area contributed by atoms with Crippen LogP contribution in [-0.4, -0.2) is 76.6 Å². The van der Waals surface area contributed by atoms with E-state index in [0.717, 1.165) is 0 Å². The van der Waals surface area contributed by atoms with Crippen LogP contribution in [0.5, 0.6) is 0 Å². The maximum absolute atomic E-state index is 11.1. The minimum absolute atomic E-state index is 0.00624. The van der Waals surface area contributed by atoms with Crippen LogP contribution in [0.4, 0.5) is 4.79 Å². The average molecular weight is 349 g/mol. The van der Waals surface area contributed by atoms with Crippen molar-refractivity contribution in [3.63, 3.8) is 0 Å². The SMILES string of the molecule is C=C(C)OC(=O)NCCOCCOCCOCCOCCC(=O)O. The van der Waals surface area contributed by atoms with Gasteiger partial charge in [0.05, 0.1) is 65.0 Å². The second-order valence-corrected chi connectivity index (χ2v) is 4.61. The van der Waals surface area contributed by atoms with Gasteiger partial charge in [-0.25, -0.2) is 4.79 Å². The number of hydrogen-bond acceptors (Lipinski definition) is 7. The summed E-state index contributed by atoms with van der Waals surface area (Å²) in [7, 11) is 0. The van der Waals surface area contributed by atoms with Gasteiger partial charge in [-0.05, 0) is 6.92 Å². The summed E-state index contributed by atoms with van der Waals surface area (Å²) in [6, 6.07) is 0. The highest BCUT2D eigenvalue weighted by atomic mass is 16.6. The fourth-order valence-corrected chi connectivity index (χ4v) is 1.34. The van der Waals surface area contributed by atoms with Gasteiger partial charge in [0.2, 0.25) is 0 Å². The van der Waals surface area contributed by atoms with E-state index in [1.54, 1.807) is 6.92 Å². The second kappa shape index (κ2) is 16.2. The zero-order valence-corrected chi connectivity index (χ0v) is 14.1. The molecule has 9 nitrogen and oxygen atoms in total. The van der Waals surface area contributed by atoms with Gasteiger partial charge < -0.3 is 34.1 Å². The van der Waals surface area contributed by atoms with E-state index >= 15 is 0 Å². The summed E-state index contributed by atoms with van der Waals surface area (Å²) in [6.07, 6.45) is -0.556. The second-order valence-electron chi connectivity index (χ2n) is 4.61. The molecule has 0 spiro atoms. The molecule has 0 radical (unpaired) electrons. The molecule has 0 rings (SSSR count). The molecule has 0 saturated heterocycles. The van der Waals surface area contributed by atoms with Crippen LogP contribution in [0, 0.1) is 0 Å². The Hall–Kier alpha value is -1.68. The third-order valence-electron chi connectivity index (χ3n) is 2.36. The van der Waals surface area contributed by atoms with E-state index < -0.39 is 12.1 Å². The van der Waals surface area contributed by atoms with Crippen LogP contribution in [-0.2, 0) is 28.5 Å². The first-order valence-corrected chi connectivity index (χ1v) is 7.66. The van der Waals surface area contributed by atoms with Crippen LogP contribution in [0.25, 0.3) is 0 Å². The lowest BCUT2D eigenvalue weighted by atomic mass is 10.5. The molecular weight excluding hydrogens is 322 g/mol. The summed E-state index contributed by atoms with van der Waals surface area (Å²) in [5, 5.41) is 10.9. The first kappa shape index (κ1) is 22.3. The van der Waals surface area contributed by atoms with Crippen LogP contribution in [0.1, 0.15) is 13.3 Å². The smallest absolute Gasteiger partial charge is 0.412 e. The van der Waals surface area contributed by atoms with Crippen LogP contribution in [0.2, 0.25) is 0 Å². The molecule has 2 N–H and O–H groups in total. The number of carbonyl (C=O) groups excluding carboxylic acids is 1. The number of allylic oxidation sites excluding steroid dienone is 1. The molecule has 0 bridgehead atoms. The lowest BCUT2D eigenvalue weighted by Gasteiger charge is -2.08. The predicted molar refractivity (Wildman–Crippen MR) is 84.8 cm³/mol. The van der Waals surface area contributed by atoms with Gasteiger partial charge in [-0.3, -0.25) is 4.79 Å². The molecule has 0 aromatic carbocycles. The number of aliphatic carboxylic acids is 1. The number of nitrogens with one attached hydrogen (secondary N) is 1. The Labute approximate surface area is 141 Å². The maximum atomic E-state index is 11.1. The molecule has 9 heteroatoms. The van der Waals surface area contributed by atoms with Crippen molar-refractivity contribution in [3.8, 4) is 0 Å². The van der Waals surface area contributed by atoms with E-state index in [2.05, 4.69) is 11.9 Å². The van der Waals surface area contributed by atoms with E-state index in [9.17, 15) is 9.59 Å². The lowest BCUT2D eigenvalue weighted by Crippen LogP contribution is -2.27. The molecule has 0 aromatic rings. The summed E-state index contributed by atoms with van der Waals surface area (Å²) in [5.41, 5.74) is 0. The first-order chi connectivity index (χ1) is 11.5. The van der Waals surface area contributed by atoms with Gasteiger partial charge >= 0.3 is 12.1 Å². The molecule has 0 saturated carbocycles. The highest BCUT2D eigenvalue weighted by molar-refractivity contribution is 5.68. The number of carbonyl (C=O) groups is 2. The van der Waals surface area contributed by atoms with E-state index in [4.69, 9.17) is 28.8 Å². The fraction of sp³-hybridized carbons (Fsp3) is 0.733. The van der Waals surface area contributed by atoms with Gasteiger partial charge in [-0.1, -0.05) is 6.58 Å². The van der Waals surface area contributed by atoms with Crippen LogP contribution in [0.15, 0.2) is 12.3 Å². The van der Waals surface area contributed by atoms with Gasteiger partial charge in [-0.15, -0.1) is 0 Å². The summed E-state index contributed by atoms with van der Waals surface area (Å²) in [5.74, 6) is -0.551. The Morgan fingerprint density at radius 2 is 1.33 bits per heavy atom. The first-order valence-electron chi connectivity index (χ1n) is 7.66. The highest BCUT2D eigenvalue weighted by Gasteiger charge is 2.00. The number of ether oxygens (including phenoxy) is 5. The zero-order valence-electron chi connectivity index (χ0n) is 14.1. The highest BCUT2D eigenvalue weighted by Crippen LogP contribution is 1.89. The van der Waals surface area contributed by atoms with Crippen molar-refractivity contribution < 1.29 is 38.4 Å². The third kappa shape index (κ3) is 18.4. The molecule has 0 unspecified atom stereocenters. The molecule has 0 aliphatic carbocycles. The third-order valence-corrected chi connectivity index (χ3v) is 2.36. The molecule has 1 amide bonds. The molecule has 0 fully saturated rings. The van der Waals surface area contributed by atoms with E-state index in [1.807, 2.05) is 0 Å². The van der Waals surface area contributed by atoms with Gasteiger partial charge in [-0.2, -0.15) is 0 Å². The molecule has 0 aliphatic heterocycles. The number of alkyl carbamates (subject to hydrolysis) is 1. The Kier molecular flexibility index (Phi) is 15.1.